The highest BCUT2D eigenvalue weighted by molar-refractivity contribution is 7.16. The van der Waals surface area contributed by atoms with E-state index in [1.54, 1.807) is 4.57 Å². The quantitative estimate of drug-likeness (QED) is 0.812. The minimum Gasteiger partial charge on any atom is -0.468 e. The van der Waals surface area contributed by atoms with Gasteiger partial charge in [-0.3, -0.25) is 9.59 Å². The van der Waals surface area contributed by atoms with Crippen LogP contribution >= 0.6 is 11.3 Å². The van der Waals surface area contributed by atoms with Crippen molar-refractivity contribution in [3.05, 3.63) is 28.1 Å². The number of ether oxygens (including phenoxy) is 1. The molecule has 0 aliphatic heterocycles. The topological polar surface area (TPSA) is 60.7 Å². The van der Waals surface area contributed by atoms with Gasteiger partial charge >= 0.3 is 5.97 Å². The van der Waals surface area contributed by atoms with Gasteiger partial charge in [0.05, 0.1) is 17.3 Å². The number of aryl methyl sites for hydroxylation is 2. The summed E-state index contributed by atoms with van der Waals surface area (Å²) in [6, 6.07) is 4.12. The van der Waals surface area contributed by atoms with Crippen LogP contribution in [0.15, 0.2) is 17.1 Å². The van der Waals surface area contributed by atoms with E-state index in [9.17, 15) is 9.59 Å². The van der Waals surface area contributed by atoms with E-state index in [1.165, 1.54) is 24.0 Å². The minimum atomic E-state index is -0.347. The molecule has 0 radical (unpaired) electrons. The molecule has 1 amide bonds. The molecule has 0 spiro atoms. The zero-order valence-electron chi connectivity index (χ0n) is 13.6. The molecule has 1 aliphatic rings. The number of carbonyl (C=O) groups excluding carboxylic acids is 2. The number of thiazole rings is 1. The Balaban J connectivity index is 2.14. The number of benzene rings is 1. The highest BCUT2D eigenvalue weighted by atomic mass is 32.1. The van der Waals surface area contributed by atoms with Crippen molar-refractivity contribution in [1.29, 1.82) is 0 Å². The Hall–Kier alpha value is -1.95. The Morgan fingerprint density at radius 2 is 2.00 bits per heavy atom. The number of hydrogen-bond acceptors (Lipinski definition) is 4. The number of esters is 1. The number of rotatable bonds is 3. The van der Waals surface area contributed by atoms with Crippen molar-refractivity contribution in [3.8, 4) is 0 Å². The second-order valence-electron chi connectivity index (χ2n) is 6.03. The van der Waals surface area contributed by atoms with Crippen LogP contribution in [0, 0.1) is 19.8 Å². The molecular weight excluding hydrogens is 312 g/mol. The Bertz CT molecular complexity index is 843. The molecule has 0 N–H and O–H groups in total. The fraction of sp³-hybridized carbons (Fsp3) is 0.471. The summed E-state index contributed by atoms with van der Waals surface area (Å²) in [5.41, 5.74) is 3.25. The lowest BCUT2D eigenvalue weighted by Gasteiger charge is -2.20. The molecule has 0 atom stereocenters. The molecule has 1 aromatic carbocycles. The van der Waals surface area contributed by atoms with Crippen molar-refractivity contribution in [1.82, 2.24) is 4.57 Å². The van der Waals surface area contributed by atoms with Crippen molar-refractivity contribution < 1.29 is 14.3 Å². The van der Waals surface area contributed by atoms with Crippen LogP contribution in [0.5, 0.6) is 0 Å². The van der Waals surface area contributed by atoms with E-state index in [0.29, 0.717) is 4.80 Å². The molecule has 0 bridgehead atoms. The summed E-state index contributed by atoms with van der Waals surface area (Å²) in [6.07, 6.45) is 2.93. The van der Waals surface area contributed by atoms with Gasteiger partial charge in [-0.15, -0.1) is 0 Å². The number of aromatic nitrogens is 1. The Kier molecular flexibility index (Phi) is 4.35. The van der Waals surface area contributed by atoms with Gasteiger partial charge in [-0.2, -0.15) is 4.99 Å². The summed E-state index contributed by atoms with van der Waals surface area (Å²) >= 11 is 1.45. The summed E-state index contributed by atoms with van der Waals surface area (Å²) in [7, 11) is 1.36. The third kappa shape index (κ3) is 3.08. The average molecular weight is 332 g/mol. The maximum Gasteiger partial charge on any atom is 0.325 e. The monoisotopic (exact) mass is 332 g/mol. The van der Waals surface area contributed by atoms with Crippen LogP contribution in [-0.2, 0) is 20.9 Å². The molecule has 3 rings (SSSR count). The number of methoxy groups -OCH3 is 1. The van der Waals surface area contributed by atoms with E-state index < -0.39 is 0 Å². The van der Waals surface area contributed by atoms with Crippen molar-refractivity contribution in [3.63, 3.8) is 0 Å². The second kappa shape index (κ2) is 6.28. The Morgan fingerprint density at radius 1 is 1.30 bits per heavy atom. The van der Waals surface area contributed by atoms with Gasteiger partial charge in [0.2, 0.25) is 0 Å². The highest BCUT2D eigenvalue weighted by Gasteiger charge is 2.25. The lowest BCUT2D eigenvalue weighted by molar-refractivity contribution is -0.141. The van der Waals surface area contributed by atoms with Crippen molar-refractivity contribution in [2.45, 2.75) is 39.7 Å². The van der Waals surface area contributed by atoms with Gasteiger partial charge in [-0.05, 0) is 49.9 Å². The fourth-order valence-electron chi connectivity index (χ4n) is 2.59. The molecule has 122 valence electrons. The predicted octanol–water partition coefficient (Wildman–Crippen LogP) is 2.72. The number of nitrogens with zero attached hydrogens (tertiary/aromatic N) is 2. The van der Waals surface area contributed by atoms with Crippen molar-refractivity contribution in [2.75, 3.05) is 7.11 Å². The average Bonchev–Trinajstić information content (AvgIpc) is 2.74. The molecule has 6 heteroatoms. The third-order valence-corrected chi connectivity index (χ3v) is 5.51. The van der Waals surface area contributed by atoms with E-state index in [2.05, 4.69) is 18.0 Å². The summed E-state index contributed by atoms with van der Waals surface area (Å²) in [6.45, 7) is 4.15. The van der Waals surface area contributed by atoms with E-state index >= 15 is 0 Å². The smallest absolute Gasteiger partial charge is 0.325 e. The van der Waals surface area contributed by atoms with Gasteiger partial charge in [0.25, 0.3) is 5.91 Å². The first-order chi connectivity index (χ1) is 11.0. The highest BCUT2D eigenvalue weighted by Crippen LogP contribution is 2.27. The number of fused-ring (bicyclic) bond motifs is 1. The van der Waals surface area contributed by atoms with E-state index in [1.807, 2.05) is 13.0 Å². The lowest BCUT2D eigenvalue weighted by atomic mass is 9.85. The lowest BCUT2D eigenvalue weighted by Crippen LogP contribution is -2.26. The van der Waals surface area contributed by atoms with Gasteiger partial charge in [0, 0.05) is 5.92 Å². The molecule has 1 aromatic heterocycles. The minimum absolute atomic E-state index is 0.0512. The van der Waals surface area contributed by atoms with Gasteiger partial charge in [0.1, 0.15) is 6.54 Å². The zero-order chi connectivity index (χ0) is 16.6. The molecule has 0 unspecified atom stereocenters. The van der Waals surface area contributed by atoms with Crippen molar-refractivity contribution >= 4 is 33.4 Å². The standard InChI is InChI=1S/C17H20N2O3S/c1-10-7-13-14(8-11(10)2)23-17(19(13)9-15(20)22-3)18-16(21)12-5-4-6-12/h7-8,12H,4-6,9H2,1-3H3. The first kappa shape index (κ1) is 15.9. The second-order valence-corrected chi connectivity index (χ2v) is 7.04. The summed E-state index contributed by atoms with van der Waals surface area (Å²) in [5.74, 6) is -0.370. The first-order valence-corrected chi connectivity index (χ1v) is 8.57. The largest absolute Gasteiger partial charge is 0.468 e. The molecule has 1 aliphatic carbocycles. The SMILES string of the molecule is COC(=O)Cn1c(=NC(=O)C2CCC2)sc2cc(C)c(C)cc21. The number of amides is 1. The maximum absolute atomic E-state index is 12.2. The van der Waals surface area contributed by atoms with E-state index in [-0.39, 0.29) is 24.3 Å². The number of hydrogen-bond donors (Lipinski definition) is 0. The van der Waals surface area contributed by atoms with Gasteiger partial charge in [-0.25, -0.2) is 0 Å². The number of carbonyl (C=O) groups is 2. The van der Waals surface area contributed by atoms with Crippen molar-refractivity contribution in [2.24, 2.45) is 10.9 Å². The van der Waals surface area contributed by atoms with Gasteiger partial charge in [-0.1, -0.05) is 17.8 Å². The molecule has 2 aromatic rings. The maximum atomic E-state index is 12.2. The molecule has 23 heavy (non-hydrogen) atoms. The van der Waals surface area contributed by atoms with Crippen LogP contribution in [0.4, 0.5) is 0 Å². The first-order valence-electron chi connectivity index (χ1n) is 7.75. The van der Waals surface area contributed by atoms with Gasteiger partial charge < -0.3 is 9.30 Å². The predicted molar refractivity (Wildman–Crippen MR) is 89.2 cm³/mol. The molecule has 5 nitrogen and oxygen atoms in total. The fourth-order valence-corrected chi connectivity index (χ4v) is 3.71. The molecule has 1 fully saturated rings. The Labute approximate surface area is 138 Å². The van der Waals surface area contributed by atoms with Crippen LogP contribution in [0.3, 0.4) is 0 Å². The third-order valence-electron chi connectivity index (χ3n) is 4.47. The summed E-state index contributed by atoms with van der Waals surface area (Å²) in [4.78, 5) is 28.8. The molecule has 0 saturated heterocycles. The normalized spacial score (nSPS) is 15.7. The van der Waals surface area contributed by atoms with Crippen LogP contribution in [-0.4, -0.2) is 23.6 Å². The summed E-state index contributed by atoms with van der Waals surface area (Å²) < 4.78 is 7.60. The summed E-state index contributed by atoms with van der Waals surface area (Å²) in [5, 5.41) is 0. The molecule has 1 heterocycles. The van der Waals surface area contributed by atoms with Crippen LogP contribution in [0.2, 0.25) is 0 Å². The van der Waals surface area contributed by atoms with E-state index in [4.69, 9.17) is 4.74 Å². The Morgan fingerprint density at radius 3 is 2.61 bits per heavy atom. The molecular formula is C17H20N2O3S. The van der Waals surface area contributed by atoms with Gasteiger partial charge in [0.15, 0.2) is 4.80 Å². The zero-order valence-corrected chi connectivity index (χ0v) is 14.4. The van der Waals surface area contributed by atoms with Crippen LogP contribution in [0.1, 0.15) is 30.4 Å². The van der Waals surface area contributed by atoms with E-state index in [0.717, 1.165) is 35.0 Å². The van der Waals surface area contributed by atoms with Crippen LogP contribution < -0.4 is 4.80 Å². The van der Waals surface area contributed by atoms with Crippen LogP contribution in [0.25, 0.3) is 10.2 Å². The molecule has 1 saturated carbocycles.